The van der Waals surface area contributed by atoms with Crippen LogP contribution in [0.15, 0.2) is 0 Å². The molecule has 108 valence electrons. The summed E-state index contributed by atoms with van der Waals surface area (Å²) in [7, 11) is -3.03. The molecule has 1 aliphatic carbocycles. The van der Waals surface area contributed by atoms with Crippen LogP contribution < -0.4 is 5.32 Å². The lowest BCUT2D eigenvalue weighted by Gasteiger charge is -2.30. The quantitative estimate of drug-likeness (QED) is 0.722. The monoisotopic (exact) mass is 276 g/mol. The van der Waals surface area contributed by atoms with Gasteiger partial charge in [0.15, 0.2) is 0 Å². The molecule has 0 aromatic rings. The van der Waals surface area contributed by atoms with E-state index >= 15 is 0 Å². The van der Waals surface area contributed by atoms with E-state index in [9.17, 15) is 8.42 Å². The molecule has 0 heterocycles. The van der Waals surface area contributed by atoms with E-state index in [-0.39, 0.29) is 0 Å². The molecule has 1 fully saturated rings. The Kier molecular flexibility index (Phi) is 6.60. The summed E-state index contributed by atoms with van der Waals surface area (Å²) in [5, 5.41) is 3.58. The first kappa shape index (κ1) is 15.9. The lowest BCUT2D eigenvalue weighted by atomic mass is 9.86. The van der Waals surface area contributed by atoms with Gasteiger partial charge in [-0.1, -0.05) is 26.7 Å². The van der Waals surface area contributed by atoms with Crippen molar-refractivity contribution in [2.75, 3.05) is 25.9 Å². The van der Waals surface area contributed by atoms with Crippen LogP contribution in [0.3, 0.4) is 0 Å². The molecular formula is C13H28N2O2S. The average Bonchev–Trinajstić information content (AvgIpc) is 2.29. The zero-order chi connectivity index (χ0) is 13.6. The van der Waals surface area contributed by atoms with Crippen molar-refractivity contribution in [2.24, 2.45) is 5.92 Å². The fraction of sp³-hybridized carbons (Fsp3) is 1.00. The molecule has 2 unspecified atom stereocenters. The van der Waals surface area contributed by atoms with Crippen molar-refractivity contribution >= 4 is 10.0 Å². The van der Waals surface area contributed by atoms with Gasteiger partial charge in [-0.05, 0) is 31.7 Å². The first-order valence-corrected chi connectivity index (χ1v) is 8.98. The van der Waals surface area contributed by atoms with Gasteiger partial charge in [-0.25, -0.2) is 12.7 Å². The standard InChI is InChI=1S/C13H28N2O2S/c1-4-15(18(3,16)17)11-7-10-14-13-9-6-5-8-12(13)2/h12-14H,4-11H2,1-3H3. The van der Waals surface area contributed by atoms with Crippen LogP contribution in [0.4, 0.5) is 0 Å². The van der Waals surface area contributed by atoms with Crippen molar-refractivity contribution in [3.05, 3.63) is 0 Å². The number of sulfonamides is 1. The second kappa shape index (κ2) is 7.46. The third-order valence-corrected chi connectivity index (χ3v) is 5.30. The third-order valence-electron chi connectivity index (χ3n) is 3.92. The summed E-state index contributed by atoms with van der Waals surface area (Å²) in [6.07, 6.45) is 7.45. The molecule has 5 heteroatoms. The van der Waals surface area contributed by atoms with Crippen LogP contribution in [-0.2, 0) is 10.0 Å². The van der Waals surface area contributed by atoms with Gasteiger partial charge in [-0.2, -0.15) is 0 Å². The number of rotatable bonds is 7. The second-order valence-corrected chi connectivity index (χ2v) is 7.41. The average molecular weight is 276 g/mol. The van der Waals surface area contributed by atoms with E-state index in [0.717, 1.165) is 18.9 Å². The topological polar surface area (TPSA) is 49.4 Å². The summed E-state index contributed by atoms with van der Waals surface area (Å²) in [6.45, 7) is 6.31. The highest BCUT2D eigenvalue weighted by atomic mass is 32.2. The number of hydrogen-bond acceptors (Lipinski definition) is 3. The van der Waals surface area contributed by atoms with Crippen molar-refractivity contribution in [3.8, 4) is 0 Å². The van der Waals surface area contributed by atoms with Crippen molar-refractivity contribution in [2.45, 2.75) is 52.0 Å². The van der Waals surface area contributed by atoms with Gasteiger partial charge in [0, 0.05) is 19.1 Å². The molecule has 0 spiro atoms. The molecule has 0 radical (unpaired) electrons. The minimum Gasteiger partial charge on any atom is -0.314 e. The summed E-state index contributed by atoms with van der Waals surface area (Å²) in [4.78, 5) is 0. The summed E-state index contributed by atoms with van der Waals surface area (Å²) >= 11 is 0. The fourth-order valence-electron chi connectivity index (χ4n) is 2.72. The molecule has 0 bridgehead atoms. The minimum absolute atomic E-state index is 0.568. The fourth-order valence-corrected chi connectivity index (χ4v) is 3.65. The van der Waals surface area contributed by atoms with Crippen LogP contribution in [-0.4, -0.2) is 44.7 Å². The third kappa shape index (κ3) is 5.24. The number of hydrogen-bond donors (Lipinski definition) is 1. The Hall–Kier alpha value is -0.130. The molecular weight excluding hydrogens is 248 g/mol. The van der Waals surface area contributed by atoms with Gasteiger partial charge in [0.25, 0.3) is 0 Å². The summed E-state index contributed by atoms with van der Waals surface area (Å²) in [6, 6.07) is 0.632. The zero-order valence-electron chi connectivity index (χ0n) is 12.0. The van der Waals surface area contributed by atoms with Gasteiger partial charge < -0.3 is 5.32 Å². The molecule has 4 nitrogen and oxygen atoms in total. The van der Waals surface area contributed by atoms with Crippen molar-refractivity contribution in [3.63, 3.8) is 0 Å². The van der Waals surface area contributed by atoms with Crippen molar-refractivity contribution in [1.29, 1.82) is 0 Å². The van der Waals surface area contributed by atoms with Crippen LogP contribution in [0, 0.1) is 5.92 Å². The zero-order valence-corrected chi connectivity index (χ0v) is 12.8. The molecule has 0 aromatic carbocycles. The molecule has 1 aliphatic rings. The maximum Gasteiger partial charge on any atom is 0.211 e. The molecule has 0 aliphatic heterocycles. The van der Waals surface area contributed by atoms with E-state index in [4.69, 9.17) is 0 Å². The van der Waals surface area contributed by atoms with Gasteiger partial charge in [0.05, 0.1) is 6.26 Å². The van der Waals surface area contributed by atoms with E-state index in [2.05, 4.69) is 12.2 Å². The van der Waals surface area contributed by atoms with Crippen LogP contribution >= 0.6 is 0 Å². The summed E-state index contributed by atoms with van der Waals surface area (Å²) in [5.41, 5.74) is 0. The van der Waals surface area contributed by atoms with Crippen LogP contribution in [0.1, 0.15) is 46.0 Å². The largest absolute Gasteiger partial charge is 0.314 e. The predicted molar refractivity (Wildman–Crippen MR) is 76.1 cm³/mol. The predicted octanol–water partition coefficient (Wildman–Crippen LogP) is 1.83. The van der Waals surface area contributed by atoms with E-state index in [1.807, 2.05) is 6.92 Å². The van der Waals surface area contributed by atoms with E-state index in [1.165, 1.54) is 31.9 Å². The van der Waals surface area contributed by atoms with Gasteiger partial charge in [-0.3, -0.25) is 0 Å². The molecule has 0 amide bonds. The minimum atomic E-state index is -3.03. The smallest absolute Gasteiger partial charge is 0.211 e. The van der Waals surface area contributed by atoms with Gasteiger partial charge in [0.1, 0.15) is 0 Å². The Bertz CT molecular complexity index is 330. The summed E-state index contributed by atoms with van der Waals surface area (Å²) < 4.78 is 24.4. The highest BCUT2D eigenvalue weighted by molar-refractivity contribution is 7.88. The Morgan fingerprint density at radius 2 is 1.94 bits per heavy atom. The Labute approximate surface area is 112 Å². The van der Waals surface area contributed by atoms with Gasteiger partial charge in [0.2, 0.25) is 10.0 Å². The highest BCUT2D eigenvalue weighted by Gasteiger charge is 2.20. The maximum atomic E-state index is 11.4. The lowest BCUT2D eigenvalue weighted by Crippen LogP contribution is -2.39. The Balaban J connectivity index is 2.21. The molecule has 1 rings (SSSR count). The normalized spacial score (nSPS) is 25.6. The van der Waals surface area contributed by atoms with Crippen LogP contribution in [0.25, 0.3) is 0 Å². The lowest BCUT2D eigenvalue weighted by molar-refractivity contribution is 0.277. The van der Waals surface area contributed by atoms with E-state index < -0.39 is 10.0 Å². The van der Waals surface area contributed by atoms with Gasteiger partial charge >= 0.3 is 0 Å². The van der Waals surface area contributed by atoms with E-state index in [1.54, 1.807) is 4.31 Å². The Morgan fingerprint density at radius 3 is 2.50 bits per heavy atom. The second-order valence-electron chi connectivity index (χ2n) is 5.43. The van der Waals surface area contributed by atoms with Crippen molar-refractivity contribution in [1.82, 2.24) is 9.62 Å². The van der Waals surface area contributed by atoms with Crippen LogP contribution in [0.2, 0.25) is 0 Å². The first-order valence-electron chi connectivity index (χ1n) is 7.13. The molecule has 0 aromatic heterocycles. The highest BCUT2D eigenvalue weighted by Crippen LogP contribution is 2.23. The SMILES string of the molecule is CCN(CCCNC1CCCCC1C)S(C)(=O)=O. The van der Waals surface area contributed by atoms with E-state index in [0.29, 0.717) is 19.1 Å². The molecule has 18 heavy (non-hydrogen) atoms. The Morgan fingerprint density at radius 1 is 1.28 bits per heavy atom. The molecule has 2 atom stereocenters. The van der Waals surface area contributed by atoms with Gasteiger partial charge in [-0.15, -0.1) is 0 Å². The number of nitrogens with one attached hydrogen (secondary N) is 1. The number of nitrogens with zero attached hydrogens (tertiary/aromatic N) is 1. The van der Waals surface area contributed by atoms with Crippen molar-refractivity contribution < 1.29 is 8.42 Å². The first-order chi connectivity index (χ1) is 8.45. The molecule has 1 saturated carbocycles. The molecule has 1 N–H and O–H groups in total. The maximum absolute atomic E-state index is 11.4. The molecule has 0 saturated heterocycles. The summed E-state index contributed by atoms with van der Waals surface area (Å²) in [5.74, 6) is 0.760. The van der Waals surface area contributed by atoms with Crippen LogP contribution in [0.5, 0.6) is 0 Å².